The summed E-state index contributed by atoms with van der Waals surface area (Å²) in [6.45, 7) is 1.89. The standard InChI is InChI=1S/C21H17N3O8/c1-2-31-21(30)11-7-8-23-13(9-11)32-12-5-3-10(4-6-12)14-15(19(26)27)17(22)24-18(25)16(14)20(28)29/h3-9H,2H2,1H3,(H,26,27)(H,28,29)(H3,22,24,25). The molecule has 3 rings (SSSR count). The van der Waals surface area contributed by atoms with Crippen LogP contribution in [0.25, 0.3) is 11.1 Å². The molecule has 11 nitrogen and oxygen atoms in total. The first kappa shape index (κ1) is 22.0. The van der Waals surface area contributed by atoms with Gasteiger partial charge in [0.2, 0.25) is 5.88 Å². The fourth-order valence-electron chi connectivity index (χ4n) is 2.95. The molecule has 0 atom stereocenters. The van der Waals surface area contributed by atoms with Gasteiger partial charge in [-0.15, -0.1) is 0 Å². The number of esters is 1. The fraction of sp³-hybridized carbons (Fsp3) is 0.0952. The molecule has 2 heterocycles. The summed E-state index contributed by atoms with van der Waals surface area (Å²) >= 11 is 0. The number of nitrogens with zero attached hydrogens (tertiary/aromatic N) is 1. The number of carbonyl (C=O) groups is 3. The van der Waals surface area contributed by atoms with Crippen molar-refractivity contribution < 1.29 is 34.1 Å². The average molecular weight is 439 g/mol. The minimum Gasteiger partial charge on any atom is -0.478 e. The van der Waals surface area contributed by atoms with E-state index in [4.69, 9.17) is 15.2 Å². The Kier molecular flexibility index (Phi) is 6.19. The third-order valence-electron chi connectivity index (χ3n) is 4.28. The van der Waals surface area contributed by atoms with Crippen LogP contribution in [0.3, 0.4) is 0 Å². The van der Waals surface area contributed by atoms with E-state index < -0.39 is 40.4 Å². The molecule has 0 saturated heterocycles. The number of aromatic amines is 1. The number of rotatable bonds is 7. The van der Waals surface area contributed by atoms with E-state index in [9.17, 15) is 29.4 Å². The van der Waals surface area contributed by atoms with Gasteiger partial charge in [0.05, 0.1) is 12.2 Å². The lowest BCUT2D eigenvalue weighted by atomic mass is 9.95. The molecule has 0 saturated carbocycles. The minimum absolute atomic E-state index is 0.0983. The number of nitrogens with one attached hydrogen (secondary N) is 1. The molecular weight excluding hydrogens is 422 g/mol. The van der Waals surface area contributed by atoms with Gasteiger partial charge in [-0.25, -0.2) is 19.4 Å². The molecule has 0 bridgehead atoms. The summed E-state index contributed by atoms with van der Waals surface area (Å²) in [6, 6.07) is 8.43. The van der Waals surface area contributed by atoms with Crippen molar-refractivity contribution in [2.24, 2.45) is 0 Å². The van der Waals surface area contributed by atoms with Crippen molar-refractivity contribution in [1.29, 1.82) is 0 Å². The van der Waals surface area contributed by atoms with Crippen molar-refractivity contribution in [3.05, 3.63) is 69.6 Å². The van der Waals surface area contributed by atoms with E-state index in [2.05, 4.69) is 4.98 Å². The van der Waals surface area contributed by atoms with E-state index in [1.165, 1.54) is 42.6 Å². The summed E-state index contributed by atoms with van der Waals surface area (Å²) in [6.07, 6.45) is 1.37. The molecule has 32 heavy (non-hydrogen) atoms. The molecule has 0 aliphatic rings. The predicted molar refractivity (Wildman–Crippen MR) is 111 cm³/mol. The predicted octanol–water partition coefficient (Wildman–Crippen LogP) is 2.38. The fourth-order valence-corrected chi connectivity index (χ4v) is 2.95. The van der Waals surface area contributed by atoms with Gasteiger partial charge in [-0.3, -0.25) is 4.79 Å². The molecule has 0 aliphatic heterocycles. The average Bonchev–Trinajstić information content (AvgIpc) is 2.73. The van der Waals surface area contributed by atoms with Crippen molar-refractivity contribution in [2.75, 3.05) is 12.3 Å². The number of aromatic nitrogens is 2. The highest BCUT2D eigenvalue weighted by Gasteiger charge is 2.26. The first-order chi connectivity index (χ1) is 15.2. The Labute approximate surface area is 180 Å². The maximum atomic E-state index is 12.1. The summed E-state index contributed by atoms with van der Waals surface area (Å²) in [5.41, 5.74) is 3.32. The van der Waals surface area contributed by atoms with Crippen molar-refractivity contribution in [3.8, 4) is 22.8 Å². The molecule has 164 valence electrons. The number of carbonyl (C=O) groups excluding carboxylic acids is 1. The molecule has 0 fully saturated rings. The number of hydrogen-bond acceptors (Lipinski definition) is 8. The zero-order valence-corrected chi connectivity index (χ0v) is 16.6. The van der Waals surface area contributed by atoms with Crippen LogP contribution in [-0.2, 0) is 4.74 Å². The maximum Gasteiger partial charge on any atom is 0.342 e. The molecule has 0 aliphatic carbocycles. The molecule has 0 amide bonds. The van der Waals surface area contributed by atoms with Crippen LogP contribution in [0.2, 0.25) is 0 Å². The van der Waals surface area contributed by atoms with Crippen LogP contribution in [0, 0.1) is 0 Å². The first-order valence-electron chi connectivity index (χ1n) is 9.16. The Hall–Kier alpha value is -4.67. The molecule has 0 radical (unpaired) electrons. The lowest BCUT2D eigenvalue weighted by Gasteiger charge is -2.13. The Morgan fingerprint density at radius 1 is 1.06 bits per heavy atom. The van der Waals surface area contributed by atoms with Gasteiger partial charge in [0.25, 0.3) is 5.56 Å². The van der Waals surface area contributed by atoms with Crippen LogP contribution in [0.5, 0.6) is 11.6 Å². The van der Waals surface area contributed by atoms with E-state index in [0.29, 0.717) is 0 Å². The molecular formula is C21H17N3O8. The normalized spacial score (nSPS) is 10.4. The van der Waals surface area contributed by atoms with Gasteiger partial charge in [-0.05, 0) is 30.7 Å². The highest BCUT2D eigenvalue weighted by atomic mass is 16.5. The number of ether oxygens (including phenoxy) is 2. The molecule has 3 aromatic rings. The minimum atomic E-state index is -1.61. The second-order valence-electron chi connectivity index (χ2n) is 6.33. The van der Waals surface area contributed by atoms with Crippen LogP contribution < -0.4 is 16.0 Å². The maximum absolute atomic E-state index is 12.1. The SMILES string of the molecule is CCOC(=O)c1ccnc(Oc2ccc(-c3c(C(=O)O)c(N)[nH]c(=O)c3C(=O)O)cc2)c1. The van der Waals surface area contributed by atoms with Gasteiger partial charge >= 0.3 is 17.9 Å². The number of nitrogen functional groups attached to an aromatic ring is 1. The first-order valence-corrected chi connectivity index (χ1v) is 9.16. The van der Waals surface area contributed by atoms with Crippen molar-refractivity contribution in [2.45, 2.75) is 6.92 Å². The van der Waals surface area contributed by atoms with Gasteiger partial charge < -0.3 is 30.4 Å². The van der Waals surface area contributed by atoms with Gasteiger partial charge in [0, 0.05) is 17.8 Å². The van der Waals surface area contributed by atoms with E-state index >= 15 is 0 Å². The van der Waals surface area contributed by atoms with Crippen molar-refractivity contribution in [1.82, 2.24) is 9.97 Å². The Morgan fingerprint density at radius 3 is 2.31 bits per heavy atom. The summed E-state index contributed by atoms with van der Waals surface area (Å²) < 4.78 is 10.5. The van der Waals surface area contributed by atoms with Gasteiger partial charge in [0.15, 0.2) is 0 Å². The van der Waals surface area contributed by atoms with Crippen LogP contribution in [0.15, 0.2) is 47.4 Å². The molecule has 1 aromatic carbocycles. The Morgan fingerprint density at radius 2 is 1.72 bits per heavy atom. The monoisotopic (exact) mass is 439 g/mol. The molecule has 11 heteroatoms. The van der Waals surface area contributed by atoms with E-state index in [1.807, 2.05) is 4.98 Å². The number of hydrogen-bond donors (Lipinski definition) is 4. The number of carboxylic acids is 2. The molecule has 2 aromatic heterocycles. The van der Waals surface area contributed by atoms with E-state index in [-0.39, 0.29) is 34.9 Å². The largest absolute Gasteiger partial charge is 0.478 e. The summed E-state index contributed by atoms with van der Waals surface area (Å²) in [5.74, 6) is -3.76. The van der Waals surface area contributed by atoms with Crippen LogP contribution in [-0.4, -0.2) is 44.7 Å². The number of carboxylic acid groups (broad SMARTS) is 2. The lowest BCUT2D eigenvalue weighted by molar-refractivity contribution is 0.0524. The van der Waals surface area contributed by atoms with E-state index in [0.717, 1.165) is 0 Å². The highest BCUT2D eigenvalue weighted by molar-refractivity contribution is 6.07. The Balaban J connectivity index is 1.99. The zero-order chi connectivity index (χ0) is 23.4. The van der Waals surface area contributed by atoms with Gasteiger partial charge in [-0.2, -0.15) is 0 Å². The molecule has 5 N–H and O–H groups in total. The second kappa shape index (κ2) is 9.00. The molecule has 0 spiro atoms. The van der Waals surface area contributed by atoms with Crippen LogP contribution in [0.4, 0.5) is 5.82 Å². The third-order valence-corrected chi connectivity index (χ3v) is 4.28. The highest BCUT2D eigenvalue weighted by Crippen LogP contribution is 2.31. The van der Waals surface area contributed by atoms with E-state index in [1.54, 1.807) is 6.92 Å². The topological polar surface area (TPSA) is 182 Å². The second-order valence-corrected chi connectivity index (χ2v) is 6.33. The van der Waals surface area contributed by atoms with Gasteiger partial charge in [-0.1, -0.05) is 12.1 Å². The van der Waals surface area contributed by atoms with Crippen LogP contribution in [0.1, 0.15) is 38.0 Å². The van der Waals surface area contributed by atoms with Crippen molar-refractivity contribution >= 4 is 23.7 Å². The Bertz CT molecular complexity index is 1270. The summed E-state index contributed by atoms with van der Waals surface area (Å²) in [7, 11) is 0. The number of nitrogens with two attached hydrogens (primary N) is 1. The number of anilines is 1. The molecule has 0 unspecified atom stereocenters. The smallest absolute Gasteiger partial charge is 0.342 e. The lowest BCUT2D eigenvalue weighted by Crippen LogP contribution is -2.24. The van der Waals surface area contributed by atoms with Gasteiger partial charge in [0.1, 0.15) is 22.7 Å². The number of benzene rings is 1. The number of H-pyrrole nitrogens is 1. The van der Waals surface area contributed by atoms with Crippen molar-refractivity contribution in [3.63, 3.8) is 0 Å². The van der Waals surface area contributed by atoms with Crippen LogP contribution >= 0.6 is 0 Å². The zero-order valence-electron chi connectivity index (χ0n) is 16.6. The number of pyridine rings is 2. The summed E-state index contributed by atoms with van der Waals surface area (Å²) in [4.78, 5) is 53.3. The quantitative estimate of drug-likeness (QED) is 0.399. The summed E-state index contributed by atoms with van der Waals surface area (Å²) in [5, 5.41) is 18.9. The number of aromatic carboxylic acids is 2. The third kappa shape index (κ3) is 4.41.